The van der Waals surface area contributed by atoms with E-state index in [1.54, 1.807) is 6.92 Å². The third kappa shape index (κ3) is 3.54. The van der Waals surface area contributed by atoms with Gasteiger partial charge in [-0.2, -0.15) is 5.26 Å². The van der Waals surface area contributed by atoms with Crippen LogP contribution in [0.15, 0.2) is 0 Å². The van der Waals surface area contributed by atoms with Gasteiger partial charge < -0.3 is 10.1 Å². The van der Waals surface area contributed by atoms with Crippen LogP contribution in [-0.2, 0) is 14.3 Å². The summed E-state index contributed by atoms with van der Waals surface area (Å²) in [5.41, 5.74) is 0. The second-order valence-corrected chi connectivity index (χ2v) is 4.12. The molecule has 0 heterocycles. The first-order valence-corrected chi connectivity index (χ1v) is 5.36. The quantitative estimate of drug-likeness (QED) is 0.694. The zero-order valence-electron chi connectivity index (χ0n) is 9.53. The molecule has 0 aliphatic heterocycles. The second-order valence-electron chi connectivity index (χ2n) is 4.12. The lowest BCUT2D eigenvalue weighted by atomic mass is 10.0. The van der Waals surface area contributed by atoms with E-state index in [9.17, 15) is 9.59 Å². The number of ether oxygens (including phenoxy) is 1. The van der Waals surface area contributed by atoms with E-state index in [-0.39, 0.29) is 17.7 Å². The van der Waals surface area contributed by atoms with Crippen molar-refractivity contribution < 1.29 is 14.3 Å². The van der Waals surface area contributed by atoms with Crippen LogP contribution in [0.4, 0.5) is 0 Å². The molecule has 5 heteroatoms. The lowest BCUT2D eigenvalue weighted by Gasteiger charge is -2.17. The number of amides is 1. The minimum Gasteiger partial charge on any atom is -0.467 e. The molecule has 0 saturated heterocycles. The molecule has 0 aromatic heterocycles. The topological polar surface area (TPSA) is 79.2 Å². The lowest BCUT2D eigenvalue weighted by Crippen LogP contribution is -2.43. The van der Waals surface area contributed by atoms with E-state index >= 15 is 0 Å². The van der Waals surface area contributed by atoms with Crippen molar-refractivity contribution in [3.8, 4) is 6.07 Å². The van der Waals surface area contributed by atoms with E-state index in [4.69, 9.17) is 5.26 Å². The molecule has 1 rings (SSSR count). The number of hydrogen-bond donors (Lipinski definition) is 1. The highest BCUT2D eigenvalue weighted by Gasteiger charge is 2.33. The Bertz CT molecular complexity index is 318. The summed E-state index contributed by atoms with van der Waals surface area (Å²) in [4.78, 5) is 22.9. The van der Waals surface area contributed by atoms with Crippen molar-refractivity contribution >= 4 is 11.9 Å². The molecule has 16 heavy (non-hydrogen) atoms. The van der Waals surface area contributed by atoms with E-state index in [2.05, 4.69) is 10.1 Å². The van der Waals surface area contributed by atoms with E-state index in [0.29, 0.717) is 6.42 Å². The minimum atomic E-state index is -0.701. The van der Waals surface area contributed by atoms with Crippen LogP contribution < -0.4 is 5.32 Å². The number of rotatable bonds is 5. The first-order valence-electron chi connectivity index (χ1n) is 5.36. The van der Waals surface area contributed by atoms with Gasteiger partial charge in [-0.1, -0.05) is 0 Å². The summed E-state index contributed by atoms with van der Waals surface area (Å²) in [6.45, 7) is 1.71. The van der Waals surface area contributed by atoms with E-state index in [0.717, 1.165) is 12.8 Å². The summed E-state index contributed by atoms with van der Waals surface area (Å²) >= 11 is 0. The number of carbonyl (C=O) groups excluding carboxylic acids is 2. The van der Waals surface area contributed by atoms with Crippen molar-refractivity contribution in [3.05, 3.63) is 0 Å². The lowest BCUT2D eigenvalue weighted by molar-refractivity contribution is -0.145. The average molecular weight is 224 g/mol. The number of hydrogen-bond acceptors (Lipinski definition) is 4. The first-order chi connectivity index (χ1) is 7.58. The Balaban J connectivity index is 2.52. The summed E-state index contributed by atoms with van der Waals surface area (Å²) in [7, 11) is 1.27. The molecule has 1 aliphatic carbocycles. The van der Waals surface area contributed by atoms with Crippen molar-refractivity contribution in [2.75, 3.05) is 7.11 Å². The van der Waals surface area contributed by atoms with Crippen molar-refractivity contribution in [1.82, 2.24) is 5.32 Å². The van der Waals surface area contributed by atoms with E-state index < -0.39 is 12.0 Å². The third-order valence-electron chi connectivity index (χ3n) is 2.56. The fourth-order valence-corrected chi connectivity index (χ4v) is 1.40. The van der Waals surface area contributed by atoms with Gasteiger partial charge in [0.25, 0.3) is 0 Å². The van der Waals surface area contributed by atoms with Gasteiger partial charge in [-0.25, -0.2) is 4.79 Å². The summed E-state index contributed by atoms with van der Waals surface area (Å²) in [5.74, 6) is -0.843. The average Bonchev–Trinajstić information content (AvgIpc) is 3.10. The maximum absolute atomic E-state index is 11.5. The summed E-state index contributed by atoms with van der Waals surface area (Å²) < 4.78 is 4.60. The van der Waals surface area contributed by atoms with E-state index in [1.165, 1.54) is 7.11 Å². The standard InChI is InChI=1S/C11H16N2O3/c1-7(6-12)5-9(11(15)16-2)13-10(14)8-3-4-8/h7-9H,3-5H2,1-2H3,(H,13,14)/t7-,9-/m1/s1. The van der Waals surface area contributed by atoms with Crippen molar-refractivity contribution in [3.63, 3.8) is 0 Å². The molecule has 1 amide bonds. The van der Waals surface area contributed by atoms with Crippen molar-refractivity contribution in [1.29, 1.82) is 5.26 Å². The molecule has 2 atom stereocenters. The van der Waals surface area contributed by atoms with Gasteiger partial charge in [0.2, 0.25) is 5.91 Å². The molecule has 1 saturated carbocycles. The van der Waals surface area contributed by atoms with Gasteiger partial charge in [-0.15, -0.1) is 0 Å². The fourth-order valence-electron chi connectivity index (χ4n) is 1.40. The molecule has 5 nitrogen and oxygen atoms in total. The Labute approximate surface area is 94.8 Å². The molecule has 0 bridgehead atoms. The molecule has 1 aliphatic rings. The Morgan fingerprint density at radius 1 is 1.56 bits per heavy atom. The van der Waals surface area contributed by atoms with E-state index in [1.807, 2.05) is 6.07 Å². The van der Waals surface area contributed by atoms with Crippen molar-refractivity contribution in [2.45, 2.75) is 32.2 Å². The molecule has 0 aromatic carbocycles. The monoisotopic (exact) mass is 224 g/mol. The van der Waals surface area contributed by atoms with Crippen LogP contribution >= 0.6 is 0 Å². The van der Waals surface area contributed by atoms with Crippen LogP contribution in [0.25, 0.3) is 0 Å². The minimum absolute atomic E-state index is 0.0459. The van der Waals surface area contributed by atoms with Crippen LogP contribution in [0.5, 0.6) is 0 Å². The maximum Gasteiger partial charge on any atom is 0.328 e. The predicted molar refractivity (Wildman–Crippen MR) is 56.1 cm³/mol. The van der Waals surface area contributed by atoms with Crippen LogP contribution in [0, 0.1) is 23.2 Å². The van der Waals surface area contributed by atoms with Crippen molar-refractivity contribution in [2.24, 2.45) is 11.8 Å². The smallest absolute Gasteiger partial charge is 0.328 e. The number of esters is 1. The van der Waals surface area contributed by atoms with Gasteiger partial charge in [0.05, 0.1) is 13.2 Å². The van der Waals surface area contributed by atoms with Gasteiger partial charge in [-0.05, 0) is 26.2 Å². The van der Waals surface area contributed by atoms with Crippen LogP contribution in [0.2, 0.25) is 0 Å². The molecular formula is C11H16N2O3. The van der Waals surface area contributed by atoms with Gasteiger partial charge in [0, 0.05) is 11.8 Å². The number of nitriles is 1. The number of methoxy groups -OCH3 is 1. The normalized spacial score (nSPS) is 18.1. The van der Waals surface area contributed by atoms with Crippen LogP contribution in [0.1, 0.15) is 26.2 Å². The molecule has 88 valence electrons. The highest BCUT2D eigenvalue weighted by atomic mass is 16.5. The van der Waals surface area contributed by atoms with Crippen LogP contribution in [0.3, 0.4) is 0 Å². The summed E-state index contributed by atoms with van der Waals surface area (Å²) in [6, 6.07) is 1.33. The Morgan fingerprint density at radius 3 is 2.62 bits per heavy atom. The second kappa shape index (κ2) is 5.50. The number of nitrogens with one attached hydrogen (secondary N) is 1. The number of carbonyl (C=O) groups is 2. The Morgan fingerprint density at radius 2 is 2.19 bits per heavy atom. The molecule has 0 aromatic rings. The summed E-state index contributed by atoms with van der Waals surface area (Å²) in [5, 5.41) is 11.3. The SMILES string of the molecule is COC(=O)[C@@H](C[C@@H](C)C#N)NC(=O)C1CC1. The highest BCUT2D eigenvalue weighted by Crippen LogP contribution is 2.29. The number of nitrogens with zero attached hydrogens (tertiary/aromatic N) is 1. The highest BCUT2D eigenvalue weighted by molar-refractivity contribution is 5.86. The van der Waals surface area contributed by atoms with Gasteiger partial charge in [0.1, 0.15) is 6.04 Å². The predicted octanol–water partition coefficient (Wildman–Crippen LogP) is 0.604. The van der Waals surface area contributed by atoms with Gasteiger partial charge in [-0.3, -0.25) is 4.79 Å². The Kier molecular flexibility index (Phi) is 4.29. The molecular weight excluding hydrogens is 208 g/mol. The van der Waals surface area contributed by atoms with Gasteiger partial charge in [0.15, 0.2) is 0 Å². The van der Waals surface area contributed by atoms with Gasteiger partial charge >= 0.3 is 5.97 Å². The first kappa shape index (κ1) is 12.5. The maximum atomic E-state index is 11.5. The van der Waals surface area contributed by atoms with Crippen LogP contribution in [-0.4, -0.2) is 25.0 Å². The zero-order chi connectivity index (χ0) is 12.1. The molecule has 0 radical (unpaired) electrons. The third-order valence-corrected chi connectivity index (χ3v) is 2.56. The zero-order valence-corrected chi connectivity index (χ0v) is 9.53. The molecule has 0 spiro atoms. The largest absolute Gasteiger partial charge is 0.467 e. The molecule has 1 fully saturated rings. The Hall–Kier alpha value is -1.57. The molecule has 1 N–H and O–H groups in total. The molecule has 0 unspecified atom stereocenters. The summed E-state index contributed by atoms with van der Waals surface area (Å²) in [6.07, 6.45) is 2.06. The fraction of sp³-hybridized carbons (Fsp3) is 0.727.